The van der Waals surface area contributed by atoms with Gasteiger partial charge in [-0.15, -0.1) is 0 Å². The Hall–Kier alpha value is -0.0851. The van der Waals surface area contributed by atoms with Crippen LogP contribution in [0.3, 0.4) is 0 Å². The standard InChI is InChI=1S/C9H14BFO2/c1-12-4-9-3-5(9)6(10)7(11)8(9)13-2/h5-8H,3-4H2,1-2H3/t5-,6-,7+,8+,9+/m1/s1. The van der Waals surface area contributed by atoms with Gasteiger partial charge in [0.2, 0.25) is 0 Å². The minimum absolute atomic E-state index is 0.123. The lowest BCUT2D eigenvalue weighted by Crippen LogP contribution is -2.33. The Balaban J connectivity index is 2.14. The van der Waals surface area contributed by atoms with E-state index in [-0.39, 0.29) is 23.3 Å². The van der Waals surface area contributed by atoms with E-state index >= 15 is 0 Å². The summed E-state index contributed by atoms with van der Waals surface area (Å²) >= 11 is 0. The molecular formula is C9H14BFO2. The fourth-order valence-corrected chi connectivity index (χ4v) is 2.82. The second-order valence-corrected chi connectivity index (χ2v) is 4.15. The van der Waals surface area contributed by atoms with Gasteiger partial charge in [0.05, 0.1) is 20.6 Å². The average molecular weight is 184 g/mol. The molecule has 0 unspecified atom stereocenters. The molecule has 0 aromatic heterocycles. The Bertz CT molecular complexity index is 214. The second-order valence-electron chi connectivity index (χ2n) is 4.15. The largest absolute Gasteiger partial charge is 0.384 e. The van der Waals surface area contributed by atoms with Crippen LogP contribution in [0.1, 0.15) is 6.42 Å². The molecule has 72 valence electrons. The Labute approximate surface area is 79.2 Å². The summed E-state index contributed by atoms with van der Waals surface area (Å²) in [6.07, 6.45) is -0.452. The molecular weight excluding hydrogens is 170 g/mol. The third-order valence-electron chi connectivity index (χ3n) is 3.53. The number of hydrogen-bond acceptors (Lipinski definition) is 2. The van der Waals surface area contributed by atoms with Crippen molar-refractivity contribution in [1.82, 2.24) is 0 Å². The first-order chi connectivity index (χ1) is 6.17. The number of hydrogen-bond donors (Lipinski definition) is 0. The van der Waals surface area contributed by atoms with Crippen molar-refractivity contribution >= 4 is 7.85 Å². The molecule has 2 nitrogen and oxygen atoms in total. The van der Waals surface area contributed by atoms with Crippen LogP contribution in [0.5, 0.6) is 0 Å². The van der Waals surface area contributed by atoms with E-state index in [4.69, 9.17) is 17.3 Å². The Kier molecular flexibility index (Phi) is 2.15. The zero-order valence-electron chi connectivity index (χ0n) is 8.00. The highest BCUT2D eigenvalue weighted by Crippen LogP contribution is 2.68. The maximum Gasteiger partial charge on any atom is 0.122 e. The molecule has 0 amide bonds. The molecule has 2 aliphatic rings. The first kappa shape index (κ1) is 9.47. The molecule has 2 radical (unpaired) electrons. The quantitative estimate of drug-likeness (QED) is 0.608. The van der Waals surface area contributed by atoms with Gasteiger partial charge in [-0.25, -0.2) is 4.39 Å². The van der Waals surface area contributed by atoms with Crippen molar-refractivity contribution in [1.29, 1.82) is 0 Å². The van der Waals surface area contributed by atoms with Gasteiger partial charge >= 0.3 is 0 Å². The van der Waals surface area contributed by atoms with Gasteiger partial charge in [-0.05, 0) is 18.2 Å². The van der Waals surface area contributed by atoms with E-state index in [1.165, 1.54) is 0 Å². The molecule has 2 saturated carbocycles. The maximum atomic E-state index is 13.5. The minimum atomic E-state index is -1.03. The molecule has 4 heteroatoms. The summed E-state index contributed by atoms with van der Waals surface area (Å²) in [7, 11) is 8.91. The van der Waals surface area contributed by atoms with E-state index in [1.54, 1.807) is 14.2 Å². The summed E-state index contributed by atoms with van der Waals surface area (Å²) in [5.41, 5.74) is -0.123. The van der Waals surface area contributed by atoms with E-state index in [2.05, 4.69) is 0 Å². The average Bonchev–Trinajstić information content (AvgIpc) is 2.76. The predicted octanol–water partition coefficient (Wildman–Crippen LogP) is 0.963. The van der Waals surface area contributed by atoms with Crippen LogP contribution in [0, 0.1) is 11.3 Å². The van der Waals surface area contributed by atoms with Crippen LogP contribution < -0.4 is 0 Å². The van der Waals surface area contributed by atoms with Gasteiger partial charge in [0.25, 0.3) is 0 Å². The number of fused-ring (bicyclic) bond motifs is 1. The highest BCUT2D eigenvalue weighted by atomic mass is 19.1. The van der Waals surface area contributed by atoms with Crippen molar-refractivity contribution in [2.45, 2.75) is 24.5 Å². The summed E-state index contributed by atoms with van der Waals surface area (Å²) < 4.78 is 23.8. The van der Waals surface area contributed by atoms with Gasteiger partial charge in [-0.1, -0.05) is 0 Å². The molecule has 0 aliphatic heterocycles. The highest BCUT2D eigenvalue weighted by molar-refractivity contribution is 6.13. The molecule has 0 spiro atoms. The maximum absolute atomic E-state index is 13.5. The van der Waals surface area contributed by atoms with Crippen molar-refractivity contribution in [2.24, 2.45) is 11.3 Å². The van der Waals surface area contributed by atoms with Crippen LogP contribution in [-0.4, -0.2) is 40.9 Å². The molecule has 0 aromatic rings. The molecule has 2 aliphatic carbocycles. The SMILES string of the molecule is [B][C@H]1[C@H](F)[C@H](OC)[C@]2(COC)C[C@H]12. The first-order valence-corrected chi connectivity index (χ1v) is 4.59. The monoisotopic (exact) mass is 184 g/mol. The minimum Gasteiger partial charge on any atom is -0.384 e. The predicted molar refractivity (Wildman–Crippen MR) is 47.6 cm³/mol. The smallest absolute Gasteiger partial charge is 0.122 e. The van der Waals surface area contributed by atoms with Crippen LogP contribution in [0.4, 0.5) is 4.39 Å². The lowest BCUT2D eigenvalue weighted by molar-refractivity contribution is -0.0253. The number of rotatable bonds is 3. The molecule has 0 heterocycles. The molecule has 0 bridgehead atoms. The van der Waals surface area contributed by atoms with E-state index in [1.807, 2.05) is 0 Å². The van der Waals surface area contributed by atoms with Gasteiger partial charge in [0.15, 0.2) is 0 Å². The zero-order chi connectivity index (χ0) is 9.64. The molecule has 0 saturated heterocycles. The van der Waals surface area contributed by atoms with Gasteiger partial charge in [-0.2, -0.15) is 0 Å². The van der Waals surface area contributed by atoms with E-state index in [9.17, 15) is 4.39 Å². The Morgan fingerprint density at radius 2 is 2.23 bits per heavy atom. The van der Waals surface area contributed by atoms with Crippen molar-refractivity contribution in [3.8, 4) is 0 Å². The van der Waals surface area contributed by atoms with Crippen molar-refractivity contribution < 1.29 is 13.9 Å². The molecule has 2 rings (SSSR count). The topological polar surface area (TPSA) is 18.5 Å². The third-order valence-corrected chi connectivity index (χ3v) is 3.53. The lowest BCUT2D eigenvalue weighted by Gasteiger charge is -2.24. The summed E-state index contributed by atoms with van der Waals surface area (Å²) in [6, 6.07) is 0. The molecule has 0 aromatic carbocycles. The fraction of sp³-hybridized carbons (Fsp3) is 1.00. The van der Waals surface area contributed by atoms with Crippen LogP contribution in [0.15, 0.2) is 0 Å². The van der Waals surface area contributed by atoms with Gasteiger partial charge in [0.1, 0.15) is 6.17 Å². The van der Waals surface area contributed by atoms with Gasteiger partial charge in [-0.3, -0.25) is 0 Å². The summed E-state index contributed by atoms with van der Waals surface area (Å²) in [5, 5.41) is 0. The zero-order valence-corrected chi connectivity index (χ0v) is 8.00. The third kappa shape index (κ3) is 1.08. The summed E-state index contributed by atoms with van der Waals surface area (Å²) in [5.74, 6) is -0.104. The van der Waals surface area contributed by atoms with Crippen LogP contribution in [-0.2, 0) is 9.47 Å². The normalized spacial score (nSPS) is 53.5. The van der Waals surface area contributed by atoms with E-state index in [0.29, 0.717) is 6.61 Å². The molecule has 13 heavy (non-hydrogen) atoms. The van der Waals surface area contributed by atoms with Crippen molar-refractivity contribution in [3.05, 3.63) is 0 Å². The van der Waals surface area contributed by atoms with Crippen LogP contribution >= 0.6 is 0 Å². The Morgan fingerprint density at radius 1 is 1.54 bits per heavy atom. The van der Waals surface area contributed by atoms with Crippen LogP contribution in [0.25, 0.3) is 0 Å². The Morgan fingerprint density at radius 3 is 2.77 bits per heavy atom. The van der Waals surface area contributed by atoms with Crippen molar-refractivity contribution in [3.63, 3.8) is 0 Å². The number of halogens is 1. The van der Waals surface area contributed by atoms with Crippen molar-refractivity contribution in [2.75, 3.05) is 20.8 Å². The van der Waals surface area contributed by atoms with E-state index < -0.39 is 6.17 Å². The number of ether oxygens (including phenoxy) is 2. The summed E-state index contributed by atoms with van der Waals surface area (Å²) in [6.45, 7) is 0.560. The van der Waals surface area contributed by atoms with Gasteiger partial charge < -0.3 is 9.47 Å². The van der Waals surface area contributed by atoms with E-state index in [0.717, 1.165) is 6.42 Å². The van der Waals surface area contributed by atoms with Crippen LogP contribution in [0.2, 0.25) is 5.82 Å². The van der Waals surface area contributed by atoms with Gasteiger partial charge in [0, 0.05) is 19.6 Å². The molecule has 5 atom stereocenters. The first-order valence-electron chi connectivity index (χ1n) is 4.59. The molecule has 2 fully saturated rings. The number of methoxy groups -OCH3 is 2. The number of alkyl halides is 1. The fourth-order valence-electron chi connectivity index (χ4n) is 2.82. The second kappa shape index (κ2) is 2.96. The lowest BCUT2D eigenvalue weighted by atomic mass is 9.81. The summed E-state index contributed by atoms with van der Waals surface area (Å²) in [4.78, 5) is 0. The molecule has 0 N–H and O–H groups in total. The highest BCUT2D eigenvalue weighted by Gasteiger charge is 2.70.